The number of carboxylic acid groups (broad SMARTS) is 1. The van der Waals surface area contributed by atoms with E-state index in [9.17, 15) is 80.8 Å². The Kier molecular flexibility index (Phi) is 15.6. The van der Waals surface area contributed by atoms with Crippen LogP contribution in [0, 0.1) is 0 Å². The molecule has 4 heterocycles. The first kappa shape index (κ1) is 45.4. The van der Waals surface area contributed by atoms with Crippen LogP contribution in [-0.2, 0) is 47.5 Å². The predicted octanol–water partition coefficient (Wildman–Crippen LogP) is -9.62. The fraction of sp³-hybridized carbons (Fsp3) is 0.900. The quantitative estimate of drug-likeness (QED) is 0.0775. The molecule has 4 saturated heterocycles. The summed E-state index contributed by atoms with van der Waals surface area (Å²) in [6, 6.07) is -3.21. The number of carbonyl (C=O) groups excluding carboxylic acids is 2. The average molecular weight is 807 g/mol. The van der Waals surface area contributed by atoms with Crippen LogP contribution >= 0.6 is 0 Å². The van der Waals surface area contributed by atoms with Crippen LogP contribution in [0.4, 0.5) is 0 Å². The molecule has 0 aliphatic carbocycles. The van der Waals surface area contributed by atoms with E-state index < -0.39 is 173 Å². The minimum Gasteiger partial charge on any atom is -0.477 e. The van der Waals surface area contributed by atoms with E-state index in [1.807, 2.05) is 0 Å². The Morgan fingerprint density at radius 3 is 1.91 bits per heavy atom. The summed E-state index contributed by atoms with van der Waals surface area (Å²) in [5, 5.41) is 141. The maximum Gasteiger partial charge on any atom is 0.364 e. The minimum absolute atomic E-state index is 0.557. The molecule has 20 atom stereocenters. The fourth-order valence-corrected chi connectivity index (χ4v) is 6.76. The third-order valence-corrected chi connectivity index (χ3v) is 9.59. The molecule has 4 aliphatic rings. The van der Waals surface area contributed by atoms with Crippen molar-refractivity contribution in [3.8, 4) is 0 Å². The predicted molar refractivity (Wildman–Crippen MR) is 168 cm³/mol. The van der Waals surface area contributed by atoms with Gasteiger partial charge in [-0.1, -0.05) is 0 Å². The molecule has 318 valence electrons. The van der Waals surface area contributed by atoms with Crippen molar-refractivity contribution in [2.45, 2.75) is 142 Å². The monoisotopic (exact) mass is 806 g/mol. The van der Waals surface area contributed by atoms with Crippen LogP contribution in [0.1, 0.15) is 20.3 Å². The second kappa shape index (κ2) is 18.9. The van der Waals surface area contributed by atoms with E-state index in [2.05, 4.69) is 10.6 Å². The van der Waals surface area contributed by atoms with Crippen molar-refractivity contribution in [3.63, 3.8) is 0 Å². The summed E-state index contributed by atoms with van der Waals surface area (Å²) in [4.78, 5) is 36.9. The van der Waals surface area contributed by atoms with Gasteiger partial charge >= 0.3 is 5.97 Å². The van der Waals surface area contributed by atoms with Crippen LogP contribution in [0.3, 0.4) is 0 Å². The zero-order chi connectivity index (χ0) is 41.1. The summed E-state index contributed by atoms with van der Waals surface area (Å²) in [7, 11) is 0. The van der Waals surface area contributed by atoms with Gasteiger partial charge in [0.05, 0.1) is 38.6 Å². The molecular weight excluding hydrogens is 756 g/mol. The van der Waals surface area contributed by atoms with Gasteiger partial charge in [-0.3, -0.25) is 9.59 Å². The van der Waals surface area contributed by atoms with Crippen molar-refractivity contribution in [1.82, 2.24) is 10.6 Å². The van der Waals surface area contributed by atoms with Crippen molar-refractivity contribution < 1.29 is 114 Å². The smallest absolute Gasteiger partial charge is 0.364 e. The SMILES string of the molecule is CC(=O)N[C@@H]1[C@@H](O[C@@H]2OC[C@@H](O)[C@@H](O)[C@@H]2O)[C@H](O[C@@H]2O[C@H](CO)[C@H](O)[C@H](O[C@]3(C(=O)O)C[C@H](O)[C@@H](NC(C)=O)[C@H]([C@H](O)[C@H](O)CO)O3)[C@H]2O)[C@@H](CO)O[C@H]1O. The second-order valence-corrected chi connectivity index (χ2v) is 13.6. The molecule has 25 nitrogen and oxygen atoms in total. The van der Waals surface area contributed by atoms with Crippen molar-refractivity contribution in [1.29, 1.82) is 0 Å². The van der Waals surface area contributed by atoms with Gasteiger partial charge in [-0.15, -0.1) is 0 Å². The van der Waals surface area contributed by atoms with E-state index in [0.717, 1.165) is 13.8 Å². The zero-order valence-electron chi connectivity index (χ0n) is 29.4. The van der Waals surface area contributed by atoms with Crippen molar-refractivity contribution in [2.24, 2.45) is 0 Å². The van der Waals surface area contributed by atoms with Gasteiger partial charge in [0.2, 0.25) is 11.8 Å². The Balaban J connectivity index is 1.70. The first-order chi connectivity index (χ1) is 25.8. The third kappa shape index (κ3) is 9.86. The molecule has 0 aromatic rings. The zero-order valence-corrected chi connectivity index (χ0v) is 29.4. The van der Waals surface area contributed by atoms with Crippen LogP contribution in [0.25, 0.3) is 0 Å². The first-order valence-electron chi connectivity index (χ1n) is 17.1. The molecule has 55 heavy (non-hydrogen) atoms. The van der Waals surface area contributed by atoms with Gasteiger partial charge in [0.25, 0.3) is 5.79 Å². The Bertz CT molecular complexity index is 1300. The number of amides is 2. The van der Waals surface area contributed by atoms with Crippen molar-refractivity contribution in [3.05, 3.63) is 0 Å². The highest BCUT2D eigenvalue weighted by molar-refractivity contribution is 5.76. The molecular formula is C30H50N2O23. The molecule has 0 unspecified atom stereocenters. The van der Waals surface area contributed by atoms with Crippen LogP contribution < -0.4 is 10.6 Å². The maximum atomic E-state index is 12.8. The molecule has 0 saturated carbocycles. The van der Waals surface area contributed by atoms with Gasteiger partial charge in [-0.25, -0.2) is 4.79 Å². The average Bonchev–Trinajstić information content (AvgIpc) is 3.13. The molecule has 0 bridgehead atoms. The highest BCUT2D eigenvalue weighted by atomic mass is 16.8. The van der Waals surface area contributed by atoms with Gasteiger partial charge in [0.1, 0.15) is 85.4 Å². The number of aliphatic carboxylic acids is 1. The van der Waals surface area contributed by atoms with E-state index in [1.54, 1.807) is 0 Å². The number of carbonyl (C=O) groups is 3. The topological polar surface area (TPSA) is 403 Å². The molecule has 2 amide bonds. The lowest BCUT2D eigenvalue weighted by atomic mass is 9.88. The van der Waals surface area contributed by atoms with Gasteiger partial charge in [0, 0.05) is 20.3 Å². The summed E-state index contributed by atoms with van der Waals surface area (Å²) in [6.45, 7) is -1.60. The number of hydrogen-bond acceptors (Lipinski definition) is 22. The van der Waals surface area contributed by atoms with Gasteiger partial charge in [-0.2, -0.15) is 0 Å². The Morgan fingerprint density at radius 1 is 0.745 bits per heavy atom. The largest absolute Gasteiger partial charge is 0.477 e. The molecule has 0 aromatic heterocycles. The number of hydrogen-bond donors (Lipinski definition) is 15. The van der Waals surface area contributed by atoms with Crippen LogP contribution in [0.2, 0.25) is 0 Å². The standard InChI is InChI=1S/C30H50N2O23/c1-8(36)31-15-10(38)3-30(29(47)48,54-23(15)18(42)11(39)4-33)55-25-19(43)13(5-34)51-28(21(25)45)52-22-14(6-35)50-26(46)16(32-9(2)37)24(22)53-27-20(44)17(41)12(40)7-49-27/h10-28,33-35,38-46H,3-7H2,1-2H3,(H,31,36)(H,32,37)(H,47,48)/t10-,11+,12+,13+,14+,15+,16+,17+,18+,19-,20-,21+,22+,23+,24+,25-,26+,27-,28-,30-/m0/s1. The highest BCUT2D eigenvalue weighted by Gasteiger charge is 2.60. The summed E-state index contributed by atoms with van der Waals surface area (Å²) < 4.78 is 39.3. The molecule has 4 aliphatic heterocycles. The first-order valence-corrected chi connectivity index (χ1v) is 17.1. The van der Waals surface area contributed by atoms with E-state index in [4.69, 9.17) is 33.2 Å². The third-order valence-electron chi connectivity index (χ3n) is 9.59. The highest BCUT2D eigenvalue weighted by Crippen LogP contribution is 2.39. The Hall–Kier alpha value is -2.35. The molecule has 4 rings (SSSR count). The molecule has 0 aromatic carbocycles. The Morgan fingerprint density at radius 2 is 1.35 bits per heavy atom. The van der Waals surface area contributed by atoms with Crippen molar-refractivity contribution in [2.75, 3.05) is 26.4 Å². The number of aliphatic hydroxyl groups is 12. The van der Waals surface area contributed by atoms with E-state index in [1.165, 1.54) is 0 Å². The summed E-state index contributed by atoms with van der Waals surface area (Å²) >= 11 is 0. The lowest BCUT2D eigenvalue weighted by Gasteiger charge is -2.51. The number of rotatable bonds is 14. The summed E-state index contributed by atoms with van der Waals surface area (Å²) in [6.07, 6.45) is -33.8. The van der Waals surface area contributed by atoms with Gasteiger partial charge < -0.3 is 110 Å². The molecule has 25 heteroatoms. The lowest BCUT2D eigenvalue weighted by molar-refractivity contribution is -0.388. The van der Waals surface area contributed by atoms with E-state index in [0.29, 0.717) is 0 Å². The van der Waals surface area contributed by atoms with E-state index in [-0.39, 0.29) is 0 Å². The van der Waals surface area contributed by atoms with Gasteiger partial charge in [-0.05, 0) is 0 Å². The second-order valence-electron chi connectivity index (χ2n) is 13.6. The van der Waals surface area contributed by atoms with Crippen molar-refractivity contribution >= 4 is 17.8 Å². The minimum atomic E-state index is -3.11. The van der Waals surface area contributed by atoms with Crippen LogP contribution in [0.5, 0.6) is 0 Å². The van der Waals surface area contributed by atoms with Gasteiger partial charge in [0.15, 0.2) is 18.9 Å². The Labute approximate surface area is 311 Å². The maximum absolute atomic E-state index is 12.8. The normalized spacial score (nSPS) is 44.9. The lowest BCUT2D eigenvalue weighted by Crippen LogP contribution is -2.71. The van der Waals surface area contributed by atoms with Crippen LogP contribution in [0.15, 0.2) is 0 Å². The summed E-state index contributed by atoms with van der Waals surface area (Å²) in [5.74, 6) is -6.68. The molecule has 15 N–H and O–H groups in total. The summed E-state index contributed by atoms with van der Waals surface area (Å²) in [5.41, 5.74) is 0. The number of carboxylic acids is 1. The fourth-order valence-electron chi connectivity index (χ4n) is 6.76. The van der Waals surface area contributed by atoms with E-state index >= 15 is 0 Å². The number of aliphatic hydroxyl groups excluding tert-OH is 12. The molecule has 0 radical (unpaired) electrons. The number of ether oxygens (including phenoxy) is 7. The number of nitrogens with one attached hydrogen (secondary N) is 2. The molecule has 4 fully saturated rings. The molecule has 0 spiro atoms. The van der Waals surface area contributed by atoms with Crippen LogP contribution in [-0.4, -0.2) is 233 Å².